The van der Waals surface area contributed by atoms with Crippen LogP contribution in [-0.4, -0.2) is 43.7 Å². The summed E-state index contributed by atoms with van der Waals surface area (Å²) in [4.78, 5) is 14.3. The van der Waals surface area contributed by atoms with Gasteiger partial charge in [0.25, 0.3) is 0 Å². The van der Waals surface area contributed by atoms with Crippen molar-refractivity contribution in [1.29, 1.82) is 0 Å². The van der Waals surface area contributed by atoms with Crippen LogP contribution in [0.5, 0.6) is 0 Å². The average Bonchev–Trinajstić information content (AvgIpc) is 2.53. The van der Waals surface area contributed by atoms with Gasteiger partial charge in [-0.3, -0.25) is 4.90 Å². The Bertz CT molecular complexity index is 484. The second-order valence-electron chi connectivity index (χ2n) is 5.59. The summed E-state index contributed by atoms with van der Waals surface area (Å²) in [6.07, 6.45) is 3.87. The molecule has 0 bridgehead atoms. The third-order valence-corrected chi connectivity index (χ3v) is 4.09. The Kier molecular flexibility index (Phi) is 5.44. The zero-order valence-corrected chi connectivity index (χ0v) is 12.9. The third-order valence-electron chi connectivity index (χ3n) is 4.09. The fraction of sp³-hybridized carbons (Fsp3) is 0.562. The van der Waals surface area contributed by atoms with Crippen LogP contribution in [-0.2, 0) is 4.74 Å². The maximum atomic E-state index is 11.8. The molecule has 0 saturated carbocycles. The van der Waals surface area contributed by atoms with Gasteiger partial charge in [0.2, 0.25) is 0 Å². The minimum absolute atomic E-state index is 0.365. The number of benzene rings is 1. The topological polar surface area (TPSA) is 67.6 Å². The molecule has 2 rings (SSSR count). The smallest absolute Gasteiger partial charge is 0.340 e. The number of hydrogen-bond acceptors (Lipinski definition) is 5. The van der Waals surface area contributed by atoms with Gasteiger partial charge in [-0.05, 0) is 45.0 Å². The van der Waals surface area contributed by atoms with Crippen molar-refractivity contribution in [2.45, 2.75) is 32.2 Å². The standard InChI is InChI=1S/C16H25N3O2/c1-12(19-9-4-3-5-10-19)11-18-15-13(16(20)21-2)7-6-8-14(15)17/h6-8,12,18H,3-5,9-11,17H2,1-2H3. The molecule has 1 aromatic rings. The third kappa shape index (κ3) is 3.88. The number of para-hydroxylation sites is 1. The highest BCUT2D eigenvalue weighted by Crippen LogP contribution is 2.24. The highest BCUT2D eigenvalue weighted by atomic mass is 16.5. The fourth-order valence-corrected chi connectivity index (χ4v) is 2.79. The molecule has 0 spiro atoms. The molecule has 1 aromatic carbocycles. The number of nitrogens with two attached hydrogens (primary N) is 1. The van der Waals surface area contributed by atoms with Gasteiger partial charge in [0.1, 0.15) is 0 Å². The Hall–Kier alpha value is -1.75. The van der Waals surface area contributed by atoms with E-state index in [9.17, 15) is 4.79 Å². The first-order valence-corrected chi connectivity index (χ1v) is 7.58. The van der Waals surface area contributed by atoms with Gasteiger partial charge in [-0.15, -0.1) is 0 Å². The van der Waals surface area contributed by atoms with Crippen molar-refractivity contribution in [3.05, 3.63) is 23.8 Å². The van der Waals surface area contributed by atoms with E-state index in [0.29, 0.717) is 23.0 Å². The van der Waals surface area contributed by atoms with Crippen molar-refractivity contribution >= 4 is 17.3 Å². The number of ether oxygens (including phenoxy) is 1. The first kappa shape index (κ1) is 15.6. The Morgan fingerprint density at radius 2 is 2.10 bits per heavy atom. The molecule has 3 N–H and O–H groups in total. The largest absolute Gasteiger partial charge is 0.465 e. The molecule has 1 saturated heterocycles. The molecule has 1 atom stereocenters. The van der Waals surface area contributed by atoms with E-state index in [1.54, 1.807) is 18.2 Å². The minimum Gasteiger partial charge on any atom is -0.465 e. The second-order valence-corrected chi connectivity index (χ2v) is 5.59. The van der Waals surface area contributed by atoms with E-state index in [-0.39, 0.29) is 5.97 Å². The number of anilines is 2. The molecule has 5 nitrogen and oxygen atoms in total. The van der Waals surface area contributed by atoms with Crippen molar-refractivity contribution in [3.8, 4) is 0 Å². The second kappa shape index (κ2) is 7.31. The van der Waals surface area contributed by atoms with Gasteiger partial charge < -0.3 is 15.8 Å². The van der Waals surface area contributed by atoms with Gasteiger partial charge in [-0.25, -0.2) is 4.79 Å². The van der Waals surface area contributed by atoms with E-state index in [1.807, 2.05) is 0 Å². The predicted octanol–water partition coefficient (Wildman–Crippen LogP) is 2.34. The maximum Gasteiger partial charge on any atom is 0.340 e. The number of nitrogens with zero attached hydrogens (tertiary/aromatic N) is 1. The first-order valence-electron chi connectivity index (χ1n) is 7.58. The van der Waals surface area contributed by atoms with E-state index in [1.165, 1.54) is 26.4 Å². The highest BCUT2D eigenvalue weighted by Gasteiger charge is 2.18. The summed E-state index contributed by atoms with van der Waals surface area (Å²) in [5.74, 6) is -0.365. The lowest BCUT2D eigenvalue weighted by Gasteiger charge is -2.32. The maximum absolute atomic E-state index is 11.8. The number of nitrogen functional groups attached to an aromatic ring is 1. The Labute approximate surface area is 126 Å². The number of hydrogen-bond donors (Lipinski definition) is 2. The zero-order chi connectivity index (χ0) is 15.2. The number of rotatable bonds is 5. The Balaban J connectivity index is 2.03. The molecule has 1 heterocycles. The molecule has 5 heteroatoms. The summed E-state index contributed by atoms with van der Waals surface area (Å²) < 4.78 is 4.81. The van der Waals surface area contributed by atoms with Crippen LogP contribution in [0.1, 0.15) is 36.5 Å². The van der Waals surface area contributed by atoms with Gasteiger partial charge in [0, 0.05) is 12.6 Å². The Morgan fingerprint density at radius 1 is 1.38 bits per heavy atom. The van der Waals surface area contributed by atoms with Gasteiger partial charge >= 0.3 is 5.97 Å². The summed E-state index contributed by atoms with van der Waals surface area (Å²) in [7, 11) is 1.38. The van der Waals surface area contributed by atoms with Crippen molar-refractivity contribution in [3.63, 3.8) is 0 Å². The number of nitrogens with one attached hydrogen (secondary N) is 1. The van der Waals surface area contributed by atoms with E-state index in [4.69, 9.17) is 10.5 Å². The molecule has 1 unspecified atom stereocenters. The Morgan fingerprint density at radius 3 is 2.76 bits per heavy atom. The summed E-state index contributed by atoms with van der Waals surface area (Å²) in [5, 5.41) is 3.33. The molecule has 1 aliphatic rings. The highest BCUT2D eigenvalue weighted by molar-refractivity contribution is 5.98. The van der Waals surface area contributed by atoms with Crippen LogP contribution in [0.4, 0.5) is 11.4 Å². The summed E-state index contributed by atoms with van der Waals surface area (Å²) in [6, 6.07) is 5.70. The quantitative estimate of drug-likeness (QED) is 0.644. The van der Waals surface area contributed by atoms with Crippen LogP contribution in [0.3, 0.4) is 0 Å². The lowest BCUT2D eigenvalue weighted by Crippen LogP contribution is -2.41. The normalized spacial score (nSPS) is 17.2. The van der Waals surface area contributed by atoms with Crippen LogP contribution in [0, 0.1) is 0 Å². The molecule has 0 aliphatic carbocycles. The molecule has 0 amide bonds. The first-order chi connectivity index (χ1) is 10.1. The molecule has 1 fully saturated rings. The summed E-state index contributed by atoms with van der Waals surface area (Å²) in [6.45, 7) is 5.27. The molecule has 0 radical (unpaired) electrons. The molecular formula is C16H25N3O2. The van der Waals surface area contributed by atoms with Gasteiger partial charge in [0.05, 0.1) is 24.0 Å². The lowest BCUT2D eigenvalue weighted by molar-refractivity contribution is 0.0602. The molecule has 21 heavy (non-hydrogen) atoms. The predicted molar refractivity (Wildman–Crippen MR) is 85.6 cm³/mol. The van der Waals surface area contributed by atoms with E-state index < -0.39 is 0 Å². The molecular weight excluding hydrogens is 266 g/mol. The molecule has 0 aromatic heterocycles. The number of carbonyl (C=O) groups is 1. The number of carbonyl (C=O) groups excluding carboxylic acids is 1. The summed E-state index contributed by atoms with van der Waals surface area (Å²) >= 11 is 0. The average molecular weight is 291 g/mol. The van der Waals surface area contributed by atoms with Crippen LogP contribution in [0.25, 0.3) is 0 Å². The van der Waals surface area contributed by atoms with Gasteiger partial charge in [-0.1, -0.05) is 12.5 Å². The van der Waals surface area contributed by atoms with Crippen LogP contribution >= 0.6 is 0 Å². The van der Waals surface area contributed by atoms with Crippen LogP contribution in [0.2, 0.25) is 0 Å². The number of piperidine rings is 1. The monoisotopic (exact) mass is 291 g/mol. The van der Waals surface area contributed by atoms with Crippen molar-refractivity contribution in [2.24, 2.45) is 0 Å². The SMILES string of the molecule is COC(=O)c1cccc(N)c1NCC(C)N1CCCCC1. The van der Waals surface area contributed by atoms with Gasteiger partial charge in [0.15, 0.2) is 0 Å². The minimum atomic E-state index is -0.365. The number of methoxy groups -OCH3 is 1. The number of esters is 1. The number of likely N-dealkylation sites (tertiary alicyclic amines) is 1. The van der Waals surface area contributed by atoms with E-state index in [2.05, 4.69) is 17.1 Å². The van der Waals surface area contributed by atoms with Gasteiger partial charge in [-0.2, -0.15) is 0 Å². The zero-order valence-electron chi connectivity index (χ0n) is 12.9. The molecule has 1 aliphatic heterocycles. The van der Waals surface area contributed by atoms with Crippen LogP contribution < -0.4 is 11.1 Å². The van der Waals surface area contributed by atoms with Crippen molar-refractivity contribution in [2.75, 3.05) is 37.8 Å². The fourth-order valence-electron chi connectivity index (χ4n) is 2.79. The summed E-state index contributed by atoms with van der Waals surface area (Å²) in [5.41, 5.74) is 7.73. The van der Waals surface area contributed by atoms with Crippen LogP contribution in [0.15, 0.2) is 18.2 Å². The van der Waals surface area contributed by atoms with E-state index >= 15 is 0 Å². The van der Waals surface area contributed by atoms with Crippen molar-refractivity contribution < 1.29 is 9.53 Å². The molecule has 116 valence electrons. The van der Waals surface area contributed by atoms with E-state index in [0.717, 1.165) is 19.6 Å². The lowest BCUT2D eigenvalue weighted by atomic mass is 10.1. The van der Waals surface area contributed by atoms with Crippen molar-refractivity contribution in [1.82, 2.24) is 4.90 Å².